The molecule has 4 rings (SSSR count). The molecule has 0 radical (unpaired) electrons. The lowest BCUT2D eigenvalue weighted by molar-refractivity contribution is -0.118. The van der Waals surface area contributed by atoms with Gasteiger partial charge in [-0.15, -0.1) is 0 Å². The highest BCUT2D eigenvalue weighted by molar-refractivity contribution is 6.30. The van der Waals surface area contributed by atoms with E-state index in [2.05, 4.69) is 10.4 Å². The van der Waals surface area contributed by atoms with E-state index >= 15 is 0 Å². The summed E-state index contributed by atoms with van der Waals surface area (Å²) >= 11 is 5.69. The fourth-order valence-corrected chi connectivity index (χ4v) is 3.90. The number of amides is 2. The molecule has 1 saturated carbocycles. The Bertz CT molecular complexity index is 878. The quantitative estimate of drug-likeness (QED) is 0.870. The molecular formula is C19H20ClFN4O2. The maximum atomic E-state index is 13.7. The van der Waals surface area contributed by atoms with Gasteiger partial charge in [0.25, 0.3) is 5.91 Å². The lowest BCUT2D eigenvalue weighted by Crippen LogP contribution is -2.41. The number of hydrogen-bond donors (Lipinski definition) is 1. The Balaban J connectivity index is 1.41. The molecule has 27 heavy (non-hydrogen) atoms. The van der Waals surface area contributed by atoms with Crippen molar-refractivity contribution in [1.82, 2.24) is 15.1 Å². The van der Waals surface area contributed by atoms with Crippen molar-refractivity contribution in [3.05, 3.63) is 47.0 Å². The van der Waals surface area contributed by atoms with Gasteiger partial charge in [0.1, 0.15) is 17.6 Å². The Hall–Kier alpha value is -2.41. The van der Waals surface area contributed by atoms with Crippen LogP contribution in [0.3, 0.4) is 0 Å². The summed E-state index contributed by atoms with van der Waals surface area (Å²) in [5.41, 5.74) is 0.745. The number of aromatic nitrogens is 2. The fourth-order valence-electron chi connectivity index (χ4n) is 3.79. The van der Waals surface area contributed by atoms with E-state index < -0.39 is 11.9 Å². The predicted molar refractivity (Wildman–Crippen MR) is 99.4 cm³/mol. The molecule has 1 N–H and O–H groups in total. The molecule has 0 bridgehead atoms. The van der Waals surface area contributed by atoms with Gasteiger partial charge >= 0.3 is 0 Å². The van der Waals surface area contributed by atoms with Crippen LogP contribution in [0.2, 0.25) is 5.02 Å². The zero-order valence-electron chi connectivity index (χ0n) is 14.7. The Kier molecular flexibility index (Phi) is 4.86. The monoisotopic (exact) mass is 390 g/mol. The maximum Gasteiger partial charge on any atom is 0.272 e. The first-order chi connectivity index (χ1) is 13.0. The average Bonchev–Trinajstić information content (AvgIpc) is 3.39. The van der Waals surface area contributed by atoms with Gasteiger partial charge in [0.05, 0.1) is 11.1 Å². The van der Waals surface area contributed by atoms with Gasteiger partial charge in [-0.3, -0.25) is 14.3 Å². The van der Waals surface area contributed by atoms with Gasteiger partial charge in [0.2, 0.25) is 5.91 Å². The second-order valence-corrected chi connectivity index (χ2v) is 7.43. The molecule has 6 nitrogen and oxygen atoms in total. The molecule has 1 aliphatic carbocycles. The van der Waals surface area contributed by atoms with Crippen molar-refractivity contribution < 1.29 is 14.0 Å². The van der Waals surface area contributed by atoms with Gasteiger partial charge < -0.3 is 10.2 Å². The minimum absolute atomic E-state index is 0.00750. The lowest BCUT2D eigenvalue weighted by atomic mass is 10.2. The number of nitrogens with zero attached hydrogens (tertiary/aromatic N) is 3. The molecule has 2 amide bonds. The number of anilines is 1. The zero-order valence-corrected chi connectivity index (χ0v) is 15.5. The second kappa shape index (κ2) is 7.31. The first-order valence-corrected chi connectivity index (χ1v) is 9.53. The third kappa shape index (κ3) is 3.56. The van der Waals surface area contributed by atoms with Crippen LogP contribution in [0.5, 0.6) is 0 Å². The van der Waals surface area contributed by atoms with E-state index in [1.165, 1.54) is 29.9 Å². The molecule has 1 aromatic heterocycles. The van der Waals surface area contributed by atoms with E-state index in [4.69, 9.17) is 11.6 Å². The standard InChI is InChI=1S/C19H20ClFN4O2/c20-14-6-5-13(11-15(14)21)24-9-7-17(19(24)27)22-18(26)16-8-10-25(23-16)12-3-1-2-4-12/h5-6,8,10-12,17H,1-4,7,9H2,(H,22,26). The zero-order chi connectivity index (χ0) is 19.0. The van der Waals surface area contributed by atoms with Crippen LogP contribution in [0.1, 0.15) is 48.6 Å². The Morgan fingerprint density at radius 3 is 2.74 bits per heavy atom. The highest BCUT2D eigenvalue weighted by Crippen LogP contribution is 2.29. The van der Waals surface area contributed by atoms with Gasteiger partial charge in [-0.25, -0.2) is 4.39 Å². The summed E-state index contributed by atoms with van der Waals surface area (Å²) in [5.74, 6) is -1.21. The largest absolute Gasteiger partial charge is 0.339 e. The fraction of sp³-hybridized carbons (Fsp3) is 0.421. The summed E-state index contributed by atoms with van der Waals surface area (Å²) in [6.07, 6.45) is 6.81. The number of halogens is 2. The van der Waals surface area contributed by atoms with Crippen LogP contribution in [0.4, 0.5) is 10.1 Å². The smallest absolute Gasteiger partial charge is 0.272 e. The summed E-state index contributed by atoms with van der Waals surface area (Å²) in [6, 6.07) is 5.63. The summed E-state index contributed by atoms with van der Waals surface area (Å²) in [4.78, 5) is 26.6. The summed E-state index contributed by atoms with van der Waals surface area (Å²) < 4.78 is 15.5. The predicted octanol–water partition coefficient (Wildman–Crippen LogP) is 3.33. The minimum Gasteiger partial charge on any atom is -0.339 e. The van der Waals surface area contributed by atoms with Gasteiger partial charge in [0, 0.05) is 18.4 Å². The lowest BCUT2D eigenvalue weighted by Gasteiger charge is -2.17. The van der Waals surface area contributed by atoms with Crippen LogP contribution < -0.4 is 10.2 Å². The summed E-state index contributed by atoms with van der Waals surface area (Å²) in [5, 5.41) is 7.13. The van der Waals surface area contributed by atoms with Crippen LogP contribution >= 0.6 is 11.6 Å². The van der Waals surface area contributed by atoms with Crippen molar-refractivity contribution in [3.63, 3.8) is 0 Å². The van der Waals surface area contributed by atoms with Crippen molar-refractivity contribution in [2.24, 2.45) is 0 Å². The normalized spacial score (nSPS) is 20.4. The van der Waals surface area contributed by atoms with Crippen molar-refractivity contribution >= 4 is 29.1 Å². The highest BCUT2D eigenvalue weighted by atomic mass is 35.5. The van der Waals surface area contributed by atoms with Gasteiger partial charge in [-0.2, -0.15) is 5.10 Å². The molecule has 1 unspecified atom stereocenters. The number of carbonyl (C=O) groups is 2. The maximum absolute atomic E-state index is 13.7. The van der Waals surface area contributed by atoms with E-state index in [0.717, 1.165) is 12.8 Å². The molecule has 1 aromatic carbocycles. The van der Waals surface area contributed by atoms with Crippen LogP contribution in [0, 0.1) is 5.82 Å². The molecule has 142 valence electrons. The van der Waals surface area contributed by atoms with Crippen molar-refractivity contribution in [1.29, 1.82) is 0 Å². The SMILES string of the molecule is O=C(NC1CCN(c2ccc(Cl)c(F)c2)C1=O)c1ccn(C2CCCC2)n1. The van der Waals surface area contributed by atoms with Gasteiger partial charge in [0.15, 0.2) is 0 Å². The van der Waals surface area contributed by atoms with Crippen molar-refractivity contribution in [2.75, 3.05) is 11.4 Å². The van der Waals surface area contributed by atoms with E-state index in [1.807, 2.05) is 10.9 Å². The highest BCUT2D eigenvalue weighted by Gasteiger charge is 2.34. The first kappa shape index (κ1) is 18.0. The van der Waals surface area contributed by atoms with E-state index in [-0.39, 0.29) is 16.8 Å². The van der Waals surface area contributed by atoms with Crippen LogP contribution in [-0.4, -0.2) is 34.2 Å². The second-order valence-electron chi connectivity index (χ2n) is 7.02. The van der Waals surface area contributed by atoms with E-state index in [9.17, 15) is 14.0 Å². The van der Waals surface area contributed by atoms with Crippen LogP contribution in [0.15, 0.2) is 30.5 Å². The topological polar surface area (TPSA) is 67.2 Å². The van der Waals surface area contributed by atoms with E-state index in [1.54, 1.807) is 12.1 Å². The summed E-state index contributed by atoms with van der Waals surface area (Å²) in [6.45, 7) is 0.404. The Labute approximate surface area is 161 Å². The van der Waals surface area contributed by atoms with Crippen LogP contribution in [-0.2, 0) is 4.79 Å². The molecule has 2 heterocycles. The third-order valence-corrected chi connectivity index (χ3v) is 5.57. The molecule has 2 fully saturated rings. The number of nitrogens with one attached hydrogen (secondary N) is 1. The third-order valence-electron chi connectivity index (χ3n) is 5.27. The molecule has 1 aliphatic heterocycles. The van der Waals surface area contributed by atoms with Gasteiger partial charge in [-0.05, 0) is 43.5 Å². The molecule has 8 heteroatoms. The number of rotatable bonds is 4. The molecule has 1 saturated heterocycles. The number of hydrogen-bond acceptors (Lipinski definition) is 3. The van der Waals surface area contributed by atoms with E-state index in [0.29, 0.717) is 30.4 Å². The van der Waals surface area contributed by atoms with Gasteiger partial charge in [-0.1, -0.05) is 24.4 Å². The molecule has 2 aliphatic rings. The van der Waals surface area contributed by atoms with Crippen LogP contribution in [0.25, 0.3) is 0 Å². The molecule has 1 atom stereocenters. The Morgan fingerprint density at radius 1 is 1.22 bits per heavy atom. The van der Waals surface area contributed by atoms with Crippen molar-refractivity contribution in [3.8, 4) is 0 Å². The molecule has 2 aromatic rings. The molecule has 0 spiro atoms. The summed E-state index contributed by atoms with van der Waals surface area (Å²) in [7, 11) is 0. The Morgan fingerprint density at radius 2 is 2.00 bits per heavy atom. The minimum atomic E-state index is -0.645. The number of carbonyl (C=O) groups excluding carboxylic acids is 2. The average molecular weight is 391 g/mol. The number of benzene rings is 1. The van der Waals surface area contributed by atoms with Crippen molar-refractivity contribution in [2.45, 2.75) is 44.2 Å². The first-order valence-electron chi connectivity index (χ1n) is 9.15. The molecular weight excluding hydrogens is 371 g/mol.